The number of aromatic nitrogens is 1. The van der Waals surface area contributed by atoms with E-state index < -0.39 is 6.10 Å². The zero-order valence-corrected chi connectivity index (χ0v) is 10.1. The van der Waals surface area contributed by atoms with E-state index in [1.165, 1.54) is 0 Å². The molecule has 0 radical (unpaired) electrons. The first-order valence-electron chi connectivity index (χ1n) is 5.71. The molecule has 0 aromatic carbocycles. The molecule has 1 atom stereocenters. The van der Waals surface area contributed by atoms with Crippen LogP contribution in [0.25, 0.3) is 0 Å². The van der Waals surface area contributed by atoms with E-state index in [-0.39, 0.29) is 5.91 Å². The van der Waals surface area contributed by atoms with E-state index >= 15 is 0 Å². The van der Waals surface area contributed by atoms with Gasteiger partial charge in [0.2, 0.25) is 5.91 Å². The molecular weight excluding hydrogens is 218 g/mol. The zero-order valence-electron chi connectivity index (χ0n) is 10.1. The minimum atomic E-state index is -0.576. The molecule has 5 nitrogen and oxygen atoms in total. The van der Waals surface area contributed by atoms with Crippen LogP contribution in [-0.2, 0) is 4.79 Å². The van der Waals surface area contributed by atoms with Crippen LogP contribution in [0.2, 0.25) is 0 Å². The van der Waals surface area contributed by atoms with Crippen LogP contribution in [0.5, 0.6) is 0 Å². The molecule has 0 unspecified atom stereocenters. The molecule has 1 aromatic heterocycles. The molecule has 1 N–H and O–H groups in total. The first-order chi connectivity index (χ1) is 8.09. The number of aliphatic hydroxyl groups excluding tert-OH is 1. The number of anilines is 1. The molecule has 0 spiro atoms. The third-order valence-electron chi connectivity index (χ3n) is 3.02. The summed E-state index contributed by atoms with van der Waals surface area (Å²) in [4.78, 5) is 19.6. The maximum Gasteiger partial charge on any atom is 0.241 e. The molecule has 1 saturated heterocycles. The molecule has 0 aliphatic carbocycles. The summed E-state index contributed by atoms with van der Waals surface area (Å²) in [7, 11) is 1.80. The van der Waals surface area contributed by atoms with Gasteiger partial charge in [0.25, 0.3) is 0 Å². The monoisotopic (exact) mass is 235 g/mol. The molecule has 92 valence electrons. The number of hydrogen-bond acceptors (Lipinski definition) is 4. The number of carbonyl (C=O) groups excluding carboxylic acids is 1. The summed E-state index contributed by atoms with van der Waals surface area (Å²) < 4.78 is 0. The lowest BCUT2D eigenvalue weighted by atomic mass is 10.1. The second-order valence-corrected chi connectivity index (χ2v) is 4.33. The van der Waals surface area contributed by atoms with E-state index in [1.807, 2.05) is 11.0 Å². The van der Waals surface area contributed by atoms with Crippen molar-refractivity contribution < 1.29 is 9.90 Å². The third-order valence-corrected chi connectivity index (χ3v) is 3.02. The molecule has 5 heteroatoms. The number of likely N-dealkylation sites (N-methyl/N-ethyl adjacent to an activating group) is 1. The van der Waals surface area contributed by atoms with Crippen molar-refractivity contribution in [2.24, 2.45) is 0 Å². The van der Waals surface area contributed by atoms with Gasteiger partial charge in [-0.3, -0.25) is 4.79 Å². The van der Waals surface area contributed by atoms with Crippen molar-refractivity contribution in [1.29, 1.82) is 0 Å². The fraction of sp³-hybridized carbons (Fsp3) is 0.500. The Balaban J connectivity index is 2.25. The minimum absolute atomic E-state index is 0.0819. The van der Waals surface area contributed by atoms with Crippen LogP contribution in [-0.4, -0.2) is 47.6 Å². The molecule has 1 aliphatic rings. The maximum atomic E-state index is 11.7. The fourth-order valence-electron chi connectivity index (χ4n) is 1.94. The van der Waals surface area contributed by atoms with Crippen LogP contribution in [0.3, 0.4) is 0 Å². The number of carbonyl (C=O) groups is 1. The van der Waals surface area contributed by atoms with E-state index in [9.17, 15) is 9.90 Å². The highest BCUT2D eigenvalue weighted by Gasteiger charge is 2.24. The van der Waals surface area contributed by atoms with Crippen molar-refractivity contribution in [2.75, 3.05) is 31.6 Å². The highest BCUT2D eigenvalue weighted by molar-refractivity contribution is 5.82. The summed E-state index contributed by atoms with van der Waals surface area (Å²) in [5.74, 6) is 0.794. The zero-order chi connectivity index (χ0) is 12.4. The van der Waals surface area contributed by atoms with E-state index in [0.717, 1.165) is 12.1 Å². The summed E-state index contributed by atoms with van der Waals surface area (Å²) in [6, 6.07) is 3.64. The van der Waals surface area contributed by atoms with Gasteiger partial charge in [-0.25, -0.2) is 4.98 Å². The molecule has 1 aromatic rings. The van der Waals surface area contributed by atoms with E-state index in [4.69, 9.17) is 0 Å². The van der Waals surface area contributed by atoms with E-state index in [0.29, 0.717) is 18.9 Å². The quantitative estimate of drug-likeness (QED) is 0.807. The average molecular weight is 235 g/mol. The van der Waals surface area contributed by atoms with Gasteiger partial charge in [0, 0.05) is 31.9 Å². The Morgan fingerprint density at radius 3 is 2.88 bits per heavy atom. The first kappa shape index (κ1) is 11.9. The summed E-state index contributed by atoms with van der Waals surface area (Å²) >= 11 is 0. The van der Waals surface area contributed by atoms with Crippen LogP contribution >= 0.6 is 0 Å². The topological polar surface area (TPSA) is 56.7 Å². The van der Waals surface area contributed by atoms with Crippen LogP contribution in [0.1, 0.15) is 18.6 Å². The van der Waals surface area contributed by atoms with Gasteiger partial charge in [-0.15, -0.1) is 0 Å². The van der Waals surface area contributed by atoms with Crippen molar-refractivity contribution >= 4 is 11.7 Å². The van der Waals surface area contributed by atoms with Crippen molar-refractivity contribution in [3.8, 4) is 0 Å². The fourth-order valence-corrected chi connectivity index (χ4v) is 1.94. The lowest BCUT2D eigenvalue weighted by molar-refractivity contribution is -0.129. The lowest BCUT2D eigenvalue weighted by Gasteiger charge is -2.34. The predicted molar refractivity (Wildman–Crippen MR) is 64.7 cm³/mol. The molecule has 1 aliphatic heterocycles. The largest absolute Gasteiger partial charge is 0.389 e. The number of pyridine rings is 1. The van der Waals surface area contributed by atoms with Crippen molar-refractivity contribution in [1.82, 2.24) is 9.88 Å². The first-order valence-corrected chi connectivity index (χ1v) is 5.71. The van der Waals surface area contributed by atoms with Gasteiger partial charge < -0.3 is 14.9 Å². The Morgan fingerprint density at radius 2 is 2.24 bits per heavy atom. The Morgan fingerprint density at radius 1 is 1.47 bits per heavy atom. The normalized spacial score (nSPS) is 18.4. The van der Waals surface area contributed by atoms with Gasteiger partial charge in [-0.1, -0.05) is 6.07 Å². The van der Waals surface area contributed by atoms with Gasteiger partial charge in [-0.05, 0) is 13.0 Å². The summed E-state index contributed by atoms with van der Waals surface area (Å²) in [5, 5.41) is 9.69. The van der Waals surface area contributed by atoms with Crippen LogP contribution in [0.15, 0.2) is 18.3 Å². The third kappa shape index (κ3) is 2.39. The number of nitrogens with zero attached hydrogens (tertiary/aromatic N) is 3. The minimum Gasteiger partial charge on any atom is -0.389 e. The van der Waals surface area contributed by atoms with Gasteiger partial charge in [0.05, 0.1) is 12.6 Å². The van der Waals surface area contributed by atoms with Gasteiger partial charge in [-0.2, -0.15) is 0 Å². The van der Waals surface area contributed by atoms with Crippen LogP contribution < -0.4 is 4.90 Å². The Kier molecular flexibility index (Phi) is 3.28. The number of piperazine rings is 1. The molecule has 1 amide bonds. The molecule has 0 saturated carbocycles. The van der Waals surface area contributed by atoms with E-state index in [1.54, 1.807) is 31.1 Å². The summed E-state index contributed by atoms with van der Waals surface area (Å²) in [5.41, 5.74) is 0.768. The molecule has 17 heavy (non-hydrogen) atoms. The Hall–Kier alpha value is -1.62. The van der Waals surface area contributed by atoms with Crippen LogP contribution in [0.4, 0.5) is 5.82 Å². The van der Waals surface area contributed by atoms with Crippen molar-refractivity contribution in [3.63, 3.8) is 0 Å². The Bertz CT molecular complexity index is 420. The smallest absolute Gasteiger partial charge is 0.241 e. The number of rotatable bonds is 2. The summed E-state index contributed by atoms with van der Waals surface area (Å²) in [6.07, 6.45) is 1.11. The molecule has 2 rings (SSSR count). The number of hydrogen-bond donors (Lipinski definition) is 1. The van der Waals surface area contributed by atoms with Crippen molar-refractivity contribution in [2.45, 2.75) is 13.0 Å². The lowest BCUT2D eigenvalue weighted by Crippen LogP contribution is -2.49. The second kappa shape index (κ2) is 4.71. The number of amides is 1. The average Bonchev–Trinajstić information content (AvgIpc) is 2.32. The predicted octanol–water partition coefficient (Wildman–Crippen LogP) is 0.413. The van der Waals surface area contributed by atoms with Gasteiger partial charge in [0.1, 0.15) is 5.82 Å². The molecule has 2 heterocycles. The van der Waals surface area contributed by atoms with Gasteiger partial charge in [0.15, 0.2) is 0 Å². The molecular formula is C12H17N3O2. The van der Waals surface area contributed by atoms with E-state index in [2.05, 4.69) is 4.98 Å². The standard InChI is InChI=1S/C12H17N3O2/c1-9(16)10-4-3-5-13-12(10)15-7-6-14(2)11(17)8-15/h3-5,9,16H,6-8H2,1-2H3/t9-/m0/s1. The van der Waals surface area contributed by atoms with Crippen molar-refractivity contribution in [3.05, 3.63) is 23.9 Å². The summed E-state index contributed by atoms with van der Waals surface area (Å²) in [6.45, 7) is 3.47. The SMILES string of the molecule is C[C@H](O)c1cccnc1N1CCN(C)C(=O)C1. The highest BCUT2D eigenvalue weighted by Crippen LogP contribution is 2.24. The molecule has 1 fully saturated rings. The number of aliphatic hydroxyl groups is 1. The van der Waals surface area contributed by atoms with Gasteiger partial charge >= 0.3 is 0 Å². The highest BCUT2D eigenvalue weighted by atomic mass is 16.3. The Labute approximate surface area is 101 Å². The maximum absolute atomic E-state index is 11.7. The molecule has 0 bridgehead atoms. The van der Waals surface area contributed by atoms with Crippen LogP contribution in [0, 0.1) is 0 Å². The second-order valence-electron chi connectivity index (χ2n) is 4.33.